The number of H-pyrrole nitrogens is 1. The summed E-state index contributed by atoms with van der Waals surface area (Å²) in [5, 5.41) is 11.7. The van der Waals surface area contributed by atoms with Crippen molar-refractivity contribution >= 4 is 45.2 Å². The van der Waals surface area contributed by atoms with Crippen molar-refractivity contribution in [3.05, 3.63) is 46.0 Å². The number of hydrogen-bond acceptors (Lipinski definition) is 6. The highest BCUT2D eigenvalue weighted by atomic mass is 32.2. The minimum atomic E-state index is -3.65. The lowest BCUT2D eigenvalue weighted by molar-refractivity contribution is -0.118. The van der Waals surface area contributed by atoms with Gasteiger partial charge in [-0.25, -0.2) is 8.42 Å². The van der Waals surface area contributed by atoms with E-state index in [2.05, 4.69) is 15.5 Å². The average molecular weight is 480 g/mol. The molecule has 0 saturated carbocycles. The Bertz CT molecular complexity index is 1230. The molecule has 0 aliphatic heterocycles. The first kappa shape index (κ1) is 23.3. The molecule has 0 aliphatic rings. The van der Waals surface area contributed by atoms with E-state index in [1.54, 1.807) is 44.4 Å². The number of amides is 1. The lowest BCUT2D eigenvalue weighted by Gasteiger charge is -2.21. The number of anilines is 1. The molecular weight excluding hydrogens is 454 g/mol. The van der Waals surface area contributed by atoms with E-state index in [1.165, 1.54) is 21.7 Å². The van der Waals surface area contributed by atoms with E-state index in [4.69, 9.17) is 12.2 Å². The number of thiophene rings is 1. The average Bonchev–Trinajstić information content (AvgIpc) is 3.39. The molecule has 1 unspecified atom stereocenters. The normalized spacial score (nSPS) is 12.8. The number of benzene rings is 1. The van der Waals surface area contributed by atoms with Crippen molar-refractivity contribution in [2.24, 2.45) is 0 Å². The Hall–Kier alpha value is -2.34. The highest BCUT2D eigenvalue weighted by Gasteiger charge is 2.25. The highest BCUT2D eigenvalue weighted by molar-refractivity contribution is 7.89. The SMILES string of the molecule is CCN(CC)S(=O)(=O)c1cc(NC(=O)C(C)n2c(-c3cccs3)n[nH]c2=S)ccc1C. The third-order valence-electron chi connectivity index (χ3n) is 4.99. The Kier molecular flexibility index (Phi) is 7.10. The van der Waals surface area contributed by atoms with Gasteiger partial charge < -0.3 is 5.32 Å². The van der Waals surface area contributed by atoms with Gasteiger partial charge in [-0.3, -0.25) is 14.5 Å². The maximum absolute atomic E-state index is 13.0. The molecule has 2 heterocycles. The van der Waals surface area contributed by atoms with Gasteiger partial charge in [0.05, 0.1) is 9.77 Å². The van der Waals surface area contributed by atoms with Crippen LogP contribution in [0.3, 0.4) is 0 Å². The zero-order valence-corrected chi connectivity index (χ0v) is 20.2. The number of rotatable bonds is 8. The van der Waals surface area contributed by atoms with E-state index in [9.17, 15) is 13.2 Å². The molecule has 2 N–H and O–H groups in total. The van der Waals surface area contributed by atoms with Crippen LogP contribution in [0.25, 0.3) is 10.7 Å². The summed E-state index contributed by atoms with van der Waals surface area (Å²) in [5.74, 6) is 0.252. The minimum absolute atomic E-state index is 0.181. The first-order chi connectivity index (χ1) is 14.7. The number of carbonyl (C=O) groups is 1. The van der Waals surface area contributed by atoms with E-state index >= 15 is 0 Å². The van der Waals surface area contributed by atoms with Crippen molar-refractivity contribution < 1.29 is 13.2 Å². The summed E-state index contributed by atoms with van der Waals surface area (Å²) in [4.78, 5) is 14.1. The zero-order chi connectivity index (χ0) is 22.8. The molecule has 0 bridgehead atoms. The standard InChI is InChI=1S/C20H25N5O3S3/c1-5-24(6-2)31(27,28)17-12-15(10-9-13(17)3)21-19(26)14(4)25-18(22-23-20(25)29)16-8-7-11-30-16/h7-12,14H,5-6H2,1-4H3,(H,21,26)(H,23,29). The van der Waals surface area contributed by atoms with Crippen LogP contribution in [-0.2, 0) is 14.8 Å². The van der Waals surface area contributed by atoms with Crippen LogP contribution in [0.2, 0.25) is 0 Å². The third kappa shape index (κ3) is 4.64. The van der Waals surface area contributed by atoms with Crippen LogP contribution in [0.5, 0.6) is 0 Å². The molecule has 0 aliphatic carbocycles. The van der Waals surface area contributed by atoms with Gasteiger partial charge in [-0.2, -0.15) is 9.40 Å². The zero-order valence-electron chi connectivity index (χ0n) is 17.7. The van der Waals surface area contributed by atoms with Gasteiger partial charge in [0.2, 0.25) is 15.9 Å². The summed E-state index contributed by atoms with van der Waals surface area (Å²) in [5.41, 5.74) is 1.02. The number of sulfonamides is 1. The molecule has 8 nitrogen and oxygen atoms in total. The summed E-state index contributed by atoms with van der Waals surface area (Å²) in [6, 6.07) is 8.03. The highest BCUT2D eigenvalue weighted by Crippen LogP contribution is 2.27. The molecule has 1 aromatic carbocycles. The Labute approximate surface area is 191 Å². The van der Waals surface area contributed by atoms with Crippen molar-refractivity contribution in [1.29, 1.82) is 0 Å². The van der Waals surface area contributed by atoms with E-state index in [0.29, 0.717) is 34.9 Å². The Morgan fingerprint density at radius 2 is 2.03 bits per heavy atom. The quantitative estimate of drug-likeness (QED) is 0.472. The van der Waals surface area contributed by atoms with Gasteiger partial charge in [0, 0.05) is 18.8 Å². The second-order valence-corrected chi connectivity index (χ2v) is 10.2. The number of aromatic nitrogens is 3. The number of nitrogens with zero attached hydrogens (tertiary/aromatic N) is 3. The summed E-state index contributed by atoms with van der Waals surface area (Å²) in [7, 11) is -3.65. The summed E-state index contributed by atoms with van der Waals surface area (Å²) >= 11 is 6.83. The summed E-state index contributed by atoms with van der Waals surface area (Å²) in [6.45, 7) is 7.79. The van der Waals surface area contributed by atoms with Gasteiger partial charge in [0.15, 0.2) is 10.6 Å². The lowest BCUT2D eigenvalue weighted by atomic mass is 10.2. The smallest absolute Gasteiger partial charge is 0.247 e. The van der Waals surface area contributed by atoms with Crippen LogP contribution < -0.4 is 5.32 Å². The van der Waals surface area contributed by atoms with Crippen LogP contribution in [-0.4, -0.2) is 46.5 Å². The van der Waals surface area contributed by atoms with Gasteiger partial charge in [-0.15, -0.1) is 11.3 Å². The number of aromatic amines is 1. The van der Waals surface area contributed by atoms with E-state index in [0.717, 1.165) is 4.88 Å². The van der Waals surface area contributed by atoms with Crippen LogP contribution in [0.4, 0.5) is 5.69 Å². The molecule has 11 heteroatoms. The van der Waals surface area contributed by atoms with Crippen molar-refractivity contribution in [2.45, 2.75) is 38.6 Å². The maximum atomic E-state index is 13.0. The molecule has 31 heavy (non-hydrogen) atoms. The molecule has 1 amide bonds. The summed E-state index contributed by atoms with van der Waals surface area (Å²) < 4.78 is 29.3. The molecule has 3 aromatic rings. The second kappa shape index (κ2) is 9.43. The maximum Gasteiger partial charge on any atom is 0.247 e. The Balaban J connectivity index is 1.90. The molecule has 2 aromatic heterocycles. The van der Waals surface area contributed by atoms with Crippen LogP contribution >= 0.6 is 23.6 Å². The molecule has 0 fully saturated rings. The van der Waals surface area contributed by atoms with Gasteiger partial charge in [0.25, 0.3) is 0 Å². The molecule has 166 valence electrons. The molecule has 0 spiro atoms. The van der Waals surface area contributed by atoms with Crippen molar-refractivity contribution in [3.63, 3.8) is 0 Å². The van der Waals surface area contributed by atoms with Crippen molar-refractivity contribution in [1.82, 2.24) is 19.1 Å². The van der Waals surface area contributed by atoms with E-state index < -0.39 is 16.1 Å². The largest absolute Gasteiger partial charge is 0.324 e. The first-order valence-corrected chi connectivity index (χ1v) is 12.6. The van der Waals surface area contributed by atoms with Gasteiger partial charge in [-0.1, -0.05) is 26.0 Å². The Morgan fingerprint density at radius 1 is 1.32 bits per heavy atom. The first-order valence-electron chi connectivity index (χ1n) is 9.83. The molecule has 0 saturated heterocycles. The predicted octanol–water partition coefficient (Wildman–Crippen LogP) is 4.21. The van der Waals surface area contributed by atoms with Crippen molar-refractivity contribution in [2.75, 3.05) is 18.4 Å². The van der Waals surface area contributed by atoms with Crippen LogP contribution in [0, 0.1) is 11.7 Å². The second-order valence-electron chi connectivity index (χ2n) is 6.93. The number of hydrogen-bond donors (Lipinski definition) is 2. The number of nitrogens with one attached hydrogen (secondary N) is 2. The Morgan fingerprint density at radius 3 is 2.65 bits per heavy atom. The molecule has 1 atom stereocenters. The van der Waals surface area contributed by atoms with Crippen LogP contribution in [0.1, 0.15) is 32.4 Å². The minimum Gasteiger partial charge on any atom is -0.324 e. The van der Waals surface area contributed by atoms with E-state index in [-0.39, 0.29) is 10.8 Å². The molecule has 3 rings (SSSR count). The van der Waals surface area contributed by atoms with Gasteiger partial charge in [0.1, 0.15) is 6.04 Å². The predicted molar refractivity (Wildman–Crippen MR) is 125 cm³/mol. The number of aryl methyl sites for hydroxylation is 1. The topological polar surface area (TPSA) is 100 Å². The lowest BCUT2D eigenvalue weighted by Crippen LogP contribution is -2.31. The fourth-order valence-electron chi connectivity index (χ4n) is 3.27. The fraction of sp³-hybridized carbons (Fsp3) is 0.350. The molecular formula is C20H25N5O3S3. The summed E-state index contributed by atoms with van der Waals surface area (Å²) in [6.07, 6.45) is 0. The molecule has 0 radical (unpaired) electrons. The fourth-order valence-corrected chi connectivity index (χ4v) is 5.98. The van der Waals surface area contributed by atoms with Crippen LogP contribution in [0.15, 0.2) is 40.6 Å². The van der Waals surface area contributed by atoms with Gasteiger partial charge >= 0.3 is 0 Å². The van der Waals surface area contributed by atoms with E-state index in [1.807, 2.05) is 17.5 Å². The van der Waals surface area contributed by atoms with Gasteiger partial charge in [-0.05, 0) is 55.2 Å². The van der Waals surface area contributed by atoms with Crippen molar-refractivity contribution in [3.8, 4) is 10.7 Å². The monoisotopic (exact) mass is 479 g/mol. The number of carbonyl (C=O) groups excluding carboxylic acids is 1. The third-order valence-corrected chi connectivity index (χ3v) is 8.34.